The van der Waals surface area contributed by atoms with Gasteiger partial charge in [0.25, 0.3) is 11.8 Å². The highest BCUT2D eigenvalue weighted by Crippen LogP contribution is 2.53. The molecule has 0 radical (unpaired) electrons. The van der Waals surface area contributed by atoms with Crippen LogP contribution in [0.5, 0.6) is 0 Å². The van der Waals surface area contributed by atoms with E-state index in [2.05, 4.69) is 95.6 Å². The fraction of sp³-hybridized carbons (Fsp3) is 0.857. The van der Waals surface area contributed by atoms with Gasteiger partial charge < -0.3 is 0 Å². The largest absolute Gasteiger partial charge is 0.294 e. The van der Waals surface area contributed by atoms with E-state index in [0.29, 0.717) is 0 Å². The van der Waals surface area contributed by atoms with Gasteiger partial charge in [-0.2, -0.15) is 0 Å². The molecule has 0 saturated carbocycles. The molecule has 0 aromatic carbocycles. The van der Waals surface area contributed by atoms with Gasteiger partial charge in [-0.15, -0.1) is 0 Å². The quantitative estimate of drug-likeness (QED) is 0.269. The van der Waals surface area contributed by atoms with Crippen LogP contribution in [0.4, 0.5) is 17.6 Å². The lowest BCUT2D eigenvalue weighted by molar-refractivity contribution is -0.130. The van der Waals surface area contributed by atoms with E-state index < -0.39 is 34.8 Å². The third-order valence-electron chi connectivity index (χ3n) is 1.82. The smallest absolute Gasteiger partial charge is 0.289 e. The summed E-state index contributed by atoms with van der Waals surface area (Å²) in [6.07, 6.45) is 0. The Labute approximate surface area is 151 Å². The van der Waals surface area contributed by atoms with Gasteiger partial charge in [0.05, 0.1) is 10.7 Å². The summed E-state index contributed by atoms with van der Waals surface area (Å²) in [5, 5.41) is -1.78. The molecule has 0 heterocycles. The fourth-order valence-electron chi connectivity index (χ4n) is 0.697. The van der Waals surface area contributed by atoms with E-state index in [1.54, 1.807) is 0 Å². The van der Waals surface area contributed by atoms with Crippen LogP contribution in [0.25, 0.3) is 0 Å². The number of ketones is 1. The van der Waals surface area contributed by atoms with E-state index in [1.165, 1.54) is 0 Å². The molecule has 0 rings (SSSR count). The van der Waals surface area contributed by atoms with Crippen molar-refractivity contribution in [3.05, 3.63) is 0 Å². The molecular weight excluding hydrogens is 655 g/mol. The van der Waals surface area contributed by atoms with Gasteiger partial charge in [0.1, 0.15) is 0 Å². The van der Waals surface area contributed by atoms with Crippen LogP contribution in [0, 0.1) is 0 Å². The van der Waals surface area contributed by atoms with E-state index in [1.807, 2.05) is 0 Å². The van der Waals surface area contributed by atoms with Gasteiger partial charge in [-0.25, -0.2) is 17.6 Å². The first-order chi connectivity index (χ1) is 7.78. The van der Waals surface area contributed by atoms with Gasteiger partial charge in [0, 0.05) is 0 Å². The molecule has 0 amide bonds. The van der Waals surface area contributed by atoms with Gasteiger partial charge in [-0.1, -0.05) is 95.6 Å². The fourth-order valence-corrected chi connectivity index (χ4v) is 5.86. The van der Waals surface area contributed by atoms with Crippen LogP contribution < -0.4 is 0 Å². The van der Waals surface area contributed by atoms with Crippen LogP contribution in [-0.4, -0.2) is 34.8 Å². The predicted molar refractivity (Wildman–Crippen MR) is 83.7 cm³/mol. The zero-order chi connectivity index (χ0) is 15.0. The Morgan fingerprint density at radius 2 is 1.00 bits per heavy atom. The Morgan fingerprint density at radius 1 is 0.778 bits per heavy atom. The number of Topliss-reactive ketones (excluding diaryl/α,β-unsaturated/α-hetero) is 1. The Morgan fingerprint density at radius 3 is 1.17 bits per heavy atom. The standard InChI is InChI=1S/C7H4Br6F4O/c8-1-4(14,15)6(10,11)3(18)7(12,13)5(16,17)2-9/h1-2H2. The van der Waals surface area contributed by atoms with Gasteiger partial charge in [-0.05, 0) is 0 Å². The van der Waals surface area contributed by atoms with Gasteiger partial charge in [0.2, 0.25) is 6.47 Å². The molecule has 0 aliphatic heterocycles. The number of hydrogen-bond acceptors (Lipinski definition) is 1. The Kier molecular flexibility index (Phi) is 7.41. The van der Waals surface area contributed by atoms with E-state index in [-0.39, 0.29) is 0 Å². The summed E-state index contributed by atoms with van der Waals surface area (Å²) in [6, 6.07) is 0. The van der Waals surface area contributed by atoms with E-state index >= 15 is 0 Å². The molecule has 0 bridgehead atoms. The first-order valence-corrected chi connectivity index (χ1v) is 9.37. The summed E-state index contributed by atoms with van der Waals surface area (Å²) in [6.45, 7) is 0. The van der Waals surface area contributed by atoms with Crippen molar-refractivity contribution in [3.8, 4) is 0 Å². The molecule has 18 heavy (non-hydrogen) atoms. The summed E-state index contributed by atoms with van der Waals surface area (Å²) in [5.74, 6) is -8.75. The Balaban J connectivity index is 5.54. The second-order valence-electron chi connectivity index (χ2n) is 3.15. The van der Waals surface area contributed by atoms with Crippen molar-refractivity contribution in [3.63, 3.8) is 0 Å². The van der Waals surface area contributed by atoms with E-state index in [4.69, 9.17) is 0 Å². The first-order valence-electron chi connectivity index (χ1n) is 3.96. The second kappa shape index (κ2) is 6.58. The topological polar surface area (TPSA) is 17.1 Å². The van der Waals surface area contributed by atoms with Crippen LogP contribution in [-0.2, 0) is 4.79 Å². The third kappa shape index (κ3) is 3.72. The van der Waals surface area contributed by atoms with Gasteiger partial charge in [-0.3, -0.25) is 4.79 Å². The minimum Gasteiger partial charge on any atom is -0.294 e. The highest BCUT2D eigenvalue weighted by atomic mass is 79.9. The SMILES string of the molecule is O=C(C(Br)(Br)C(F)(F)CBr)C(Br)(Br)C(F)(F)CBr. The molecular formula is C7H4Br6F4O. The average molecular weight is 660 g/mol. The summed E-state index contributed by atoms with van der Waals surface area (Å²) < 4.78 is 48.9. The third-order valence-corrected chi connectivity index (χ3v) is 6.99. The molecule has 0 atom stereocenters. The van der Waals surface area contributed by atoms with Crippen LogP contribution in [0.15, 0.2) is 0 Å². The maximum Gasteiger partial charge on any atom is 0.289 e. The second-order valence-corrected chi connectivity index (χ2v) is 11.2. The summed E-state index contributed by atoms with van der Waals surface area (Å²) in [5.41, 5.74) is 0. The molecule has 108 valence electrons. The monoisotopic (exact) mass is 654 g/mol. The molecule has 11 heteroatoms. The Bertz CT molecular complexity index is 302. The van der Waals surface area contributed by atoms with E-state index in [9.17, 15) is 22.4 Å². The number of carbonyl (C=O) groups excluding carboxylic acids is 1. The van der Waals surface area contributed by atoms with Crippen molar-refractivity contribution < 1.29 is 22.4 Å². The van der Waals surface area contributed by atoms with Crippen molar-refractivity contribution in [2.45, 2.75) is 18.3 Å². The zero-order valence-corrected chi connectivity index (χ0v) is 17.6. The van der Waals surface area contributed by atoms with Crippen molar-refractivity contribution in [2.24, 2.45) is 0 Å². The summed E-state index contributed by atoms with van der Waals surface area (Å²) >= 11 is 14.9. The molecule has 0 N–H and O–H groups in total. The van der Waals surface area contributed by atoms with Crippen molar-refractivity contribution in [1.82, 2.24) is 0 Å². The predicted octanol–water partition coefficient (Wildman–Crippen LogP) is 5.59. The minimum absolute atomic E-state index is 0.891. The maximum atomic E-state index is 13.5. The molecule has 0 aliphatic carbocycles. The van der Waals surface area contributed by atoms with E-state index in [0.717, 1.165) is 0 Å². The molecule has 1 nitrogen and oxygen atoms in total. The maximum absolute atomic E-state index is 13.5. The molecule has 0 aliphatic rings. The lowest BCUT2D eigenvalue weighted by Gasteiger charge is -2.35. The lowest BCUT2D eigenvalue weighted by atomic mass is 10.1. The average Bonchev–Trinajstić information content (AvgIpc) is 2.27. The number of rotatable bonds is 6. The Hall–Kier alpha value is 2.27. The normalized spacial score (nSPS) is 14.8. The highest BCUT2D eigenvalue weighted by molar-refractivity contribution is 9.27. The molecule has 0 aromatic rings. The van der Waals surface area contributed by atoms with Crippen molar-refractivity contribution in [1.29, 1.82) is 0 Å². The van der Waals surface area contributed by atoms with Crippen molar-refractivity contribution >= 4 is 101 Å². The highest BCUT2D eigenvalue weighted by Gasteiger charge is 2.66. The molecule has 0 aromatic heterocycles. The lowest BCUT2D eigenvalue weighted by Crippen LogP contribution is -2.57. The summed E-state index contributed by atoms with van der Waals surface area (Å²) in [7, 11) is 0. The zero-order valence-electron chi connectivity index (χ0n) is 8.10. The number of hydrogen-bond donors (Lipinski definition) is 0. The van der Waals surface area contributed by atoms with Crippen LogP contribution in [0.1, 0.15) is 0 Å². The summed E-state index contributed by atoms with van der Waals surface area (Å²) in [4.78, 5) is 11.9. The molecule has 0 fully saturated rings. The first kappa shape index (κ1) is 20.3. The van der Waals surface area contributed by atoms with Crippen LogP contribution in [0.2, 0.25) is 0 Å². The van der Waals surface area contributed by atoms with Crippen molar-refractivity contribution in [2.75, 3.05) is 10.7 Å². The number of alkyl halides is 10. The molecule has 0 spiro atoms. The number of carbonyl (C=O) groups is 1. The van der Waals surface area contributed by atoms with Crippen LogP contribution >= 0.6 is 95.6 Å². The van der Waals surface area contributed by atoms with Gasteiger partial charge >= 0.3 is 0 Å². The molecule has 0 saturated heterocycles. The van der Waals surface area contributed by atoms with Gasteiger partial charge in [0.15, 0.2) is 5.78 Å². The minimum atomic E-state index is -3.63. The van der Waals surface area contributed by atoms with Crippen LogP contribution in [0.3, 0.4) is 0 Å². The molecule has 0 unspecified atom stereocenters. The number of halogens is 10.